The van der Waals surface area contributed by atoms with Crippen molar-refractivity contribution in [3.05, 3.63) is 88.6 Å². The number of carbonyl (C=O) groups is 1. The molecule has 2 aromatic rings. The Kier molecular flexibility index (Phi) is 7.74. The van der Waals surface area contributed by atoms with Gasteiger partial charge in [-0.25, -0.2) is 13.8 Å². The van der Waals surface area contributed by atoms with Gasteiger partial charge in [0.15, 0.2) is 5.83 Å². The number of nitrogens with zero attached hydrogens (tertiary/aromatic N) is 5. The fraction of sp³-hybridized carbons (Fsp3) is 0.400. The monoisotopic (exact) mass is 629 g/mol. The van der Waals surface area contributed by atoms with Crippen molar-refractivity contribution >= 4 is 39.8 Å². The number of allylic oxidation sites excluding steroid dienone is 2. The van der Waals surface area contributed by atoms with Crippen molar-refractivity contribution in [2.45, 2.75) is 37.3 Å². The van der Waals surface area contributed by atoms with Crippen LogP contribution >= 0.6 is 11.6 Å². The molecule has 0 N–H and O–H groups in total. The van der Waals surface area contributed by atoms with Crippen molar-refractivity contribution < 1.29 is 18.3 Å². The summed E-state index contributed by atoms with van der Waals surface area (Å²) < 4.78 is 36.9. The molecular weight excluding hydrogens is 596 g/mol. The van der Waals surface area contributed by atoms with E-state index in [4.69, 9.17) is 21.3 Å². The molecule has 0 spiro atoms. The van der Waals surface area contributed by atoms with E-state index in [1.165, 1.54) is 4.90 Å². The number of nitriles is 1. The molecule has 3 fully saturated rings. The van der Waals surface area contributed by atoms with E-state index >= 15 is 4.39 Å². The predicted molar refractivity (Wildman–Crippen MR) is 171 cm³/mol. The minimum atomic E-state index is -1.00. The van der Waals surface area contributed by atoms with Gasteiger partial charge >= 0.3 is 0 Å². The molecule has 1 aliphatic carbocycles. The van der Waals surface area contributed by atoms with Crippen LogP contribution in [0.1, 0.15) is 31.2 Å². The minimum Gasteiger partial charge on any atom is -0.475 e. The normalized spacial score (nSPS) is 24.4. The van der Waals surface area contributed by atoms with E-state index in [9.17, 15) is 14.4 Å². The first-order valence-corrected chi connectivity index (χ1v) is 15.9. The Labute approximate surface area is 266 Å². The maximum Gasteiger partial charge on any atom is 0.282 e. The lowest BCUT2D eigenvalue weighted by atomic mass is 9.81. The van der Waals surface area contributed by atoms with Gasteiger partial charge in [-0.1, -0.05) is 60.7 Å². The molecule has 0 saturated carbocycles. The highest BCUT2D eigenvalue weighted by molar-refractivity contribution is 6.36. The third-order valence-electron chi connectivity index (χ3n) is 10.1. The first-order chi connectivity index (χ1) is 21.8. The van der Waals surface area contributed by atoms with E-state index in [2.05, 4.69) is 17.5 Å². The summed E-state index contributed by atoms with van der Waals surface area (Å²) in [5.74, 6) is -2.57. The van der Waals surface area contributed by atoms with Gasteiger partial charge in [-0.05, 0) is 55.8 Å². The molecule has 7 rings (SSSR count). The van der Waals surface area contributed by atoms with Crippen molar-refractivity contribution in [2.24, 2.45) is 10.9 Å². The molecule has 7 nitrogen and oxygen atoms in total. The summed E-state index contributed by atoms with van der Waals surface area (Å²) in [6.45, 7) is 6.77. The molecule has 3 saturated heterocycles. The number of hydrogen-bond donors (Lipinski definition) is 0. The molecule has 1 amide bonds. The van der Waals surface area contributed by atoms with Crippen LogP contribution in [0.5, 0.6) is 0 Å². The number of piperazine rings is 1. The molecule has 232 valence electrons. The Balaban J connectivity index is 1.28. The number of ether oxygens (including phenoxy) is 1. The van der Waals surface area contributed by atoms with Crippen LogP contribution in [-0.4, -0.2) is 84.0 Å². The highest BCUT2D eigenvalue weighted by Gasteiger charge is 2.47. The van der Waals surface area contributed by atoms with Crippen LogP contribution in [0.3, 0.4) is 0 Å². The number of halogens is 3. The van der Waals surface area contributed by atoms with Crippen LogP contribution in [-0.2, 0) is 9.53 Å². The van der Waals surface area contributed by atoms with Gasteiger partial charge in [0.25, 0.3) is 5.91 Å². The van der Waals surface area contributed by atoms with Crippen LogP contribution < -0.4 is 0 Å². The molecule has 0 radical (unpaired) electrons. The summed E-state index contributed by atoms with van der Waals surface area (Å²) in [4.78, 5) is 23.0. The summed E-state index contributed by atoms with van der Waals surface area (Å²) in [6.07, 6.45) is 7.89. The number of aliphatic imine (C=N–C) groups is 1. The zero-order valence-electron chi connectivity index (χ0n) is 24.9. The Morgan fingerprint density at radius 2 is 1.82 bits per heavy atom. The van der Waals surface area contributed by atoms with Gasteiger partial charge < -0.3 is 14.5 Å². The molecule has 0 aromatic heterocycles. The molecule has 10 heteroatoms. The molecule has 2 atom stereocenters. The predicted octanol–water partition coefficient (Wildman–Crippen LogP) is 6.19. The van der Waals surface area contributed by atoms with E-state index in [0.717, 1.165) is 49.5 Å². The number of carbonyl (C=O) groups excluding carboxylic acids is 1. The lowest BCUT2D eigenvalue weighted by Crippen LogP contribution is -2.51. The van der Waals surface area contributed by atoms with E-state index in [1.54, 1.807) is 12.1 Å². The number of benzene rings is 2. The zero-order chi connectivity index (χ0) is 31.3. The van der Waals surface area contributed by atoms with E-state index in [-0.39, 0.29) is 30.1 Å². The quantitative estimate of drug-likeness (QED) is 0.369. The molecule has 2 unspecified atom stereocenters. The van der Waals surface area contributed by atoms with Crippen molar-refractivity contribution in [1.82, 2.24) is 14.7 Å². The topological polar surface area (TPSA) is 72.2 Å². The number of amides is 1. The van der Waals surface area contributed by atoms with Gasteiger partial charge in [0, 0.05) is 53.8 Å². The number of hydrogen-bond acceptors (Lipinski definition) is 6. The first kappa shape index (κ1) is 29.7. The van der Waals surface area contributed by atoms with Crippen molar-refractivity contribution in [1.29, 1.82) is 5.26 Å². The second kappa shape index (κ2) is 11.7. The zero-order valence-corrected chi connectivity index (χ0v) is 25.7. The summed E-state index contributed by atoms with van der Waals surface area (Å²) in [7, 11) is 0. The Morgan fingerprint density at radius 1 is 1.11 bits per heavy atom. The largest absolute Gasteiger partial charge is 0.475 e. The lowest BCUT2D eigenvalue weighted by molar-refractivity contribution is -0.130. The SMILES string of the molecule is C=C(F)C(=O)N1CCN(C2=C(C#N)C(OCC34CCCN3CCC4)=NC3C(F)=C(c4cccc5cccc(Cl)c45)C=CC23)CC1. The second-order valence-corrected chi connectivity index (χ2v) is 12.8. The second-order valence-electron chi connectivity index (χ2n) is 12.4. The molecule has 4 heterocycles. The number of dihydropyridines is 1. The average Bonchev–Trinajstić information content (AvgIpc) is 3.64. The molecule has 5 aliphatic rings. The van der Waals surface area contributed by atoms with Gasteiger partial charge in [-0.3, -0.25) is 9.69 Å². The van der Waals surface area contributed by atoms with Crippen molar-refractivity contribution in [2.75, 3.05) is 45.9 Å². The van der Waals surface area contributed by atoms with Crippen molar-refractivity contribution in [3.8, 4) is 6.07 Å². The standard InChI is InChI=1S/C35H34ClF2N5O2/c1-22(37)34(44)42-18-16-41(17-19-42)32-26-11-10-25(24-8-2-6-23-7-3-9-28(36)29(23)24)30(38)31(26)40-33(27(32)20-39)45-21-35-12-4-14-43(35)15-5-13-35/h2-3,6-11,26,31H,1,4-5,12-19,21H2. The highest BCUT2D eigenvalue weighted by Crippen LogP contribution is 2.44. The Morgan fingerprint density at radius 3 is 2.51 bits per heavy atom. The molecular formula is C35H34ClF2N5O2. The van der Waals surface area contributed by atoms with Gasteiger partial charge in [-0.2, -0.15) is 5.26 Å². The van der Waals surface area contributed by atoms with E-state index < -0.39 is 29.5 Å². The maximum atomic E-state index is 16.9. The highest BCUT2D eigenvalue weighted by atomic mass is 35.5. The summed E-state index contributed by atoms with van der Waals surface area (Å²) >= 11 is 6.63. The van der Waals surface area contributed by atoms with Gasteiger partial charge in [0.05, 0.1) is 5.54 Å². The van der Waals surface area contributed by atoms with Gasteiger partial charge in [0.1, 0.15) is 30.1 Å². The third kappa shape index (κ3) is 5.04. The van der Waals surface area contributed by atoms with Gasteiger partial charge in [0.2, 0.25) is 5.90 Å². The summed E-state index contributed by atoms with van der Waals surface area (Å²) in [5.41, 5.74) is 1.87. The maximum absolute atomic E-state index is 16.9. The summed E-state index contributed by atoms with van der Waals surface area (Å²) in [6, 6.07) is 12.7. The van der Waals surface area contributed by atoms with E-state index in [1.807, 2.05) is 41.3 Å². The third-order valence-corrected chi connectivity index (χ3v) is 10.4. The molecule has 0 bridgehead atoms. The summed E-state index contributed by atoms with van der Waals surface area (Å²) in [5, 5.41) is 12.7. The van der Waals surface area contributed by atoms with Crippen LogP contribution in [0.25, 0.3) is 16.3 Å². The van der Waals surface area contributed by atoms with Crippen LogP contribution in [0.4, 0.5) is 8.78 Å². The van der Waals surface area contributed by atoms with Crippen LogP contribution in [0, 0.1) is 17.2 Å². The lowest BCUT2D eigenvalue weighted by Gasteiger charge is -2.42. The fourth-order valence-corrected chi connectivity index (χ4v) is 8.14. The minimum absolute atomic E-state index is 0.0907. The first-order valence-electron chi connectivity index (χ1n) is 15.6. The smallest absolute Gasteiger partial charge is 0.282 e. The van der Waals surface area contributed by atoms with E-state index in [0.29, 0.717) is 41.6 Å². The number of fused-ring (bicyclic) bond motifs is 3. The Bertz CT molecular complexity index is 1730. The fourth-order valence-electron chi connectivity index (χ4n) is 7.85. The number of rotatable bonds is 5. The molecule has 4 aliphatic heterocycles. The average molecular weight is 630 g/mol. The van der Waals surface area contributed by atoms with Crippen molar-refractivity contribution in [3.63, 3.8) is 0 Å². The Hall–Kier alpha value is -4.00. The molecule has 45 heavy (non-hydrogen) atoms. The van der Waals surface area contributed by atoms with Crippen LogP contribution in [0.2, 0.25) is 5.02 Å². The van der Waals surface area contributed by atoms with Crippen LogP contribution in [0.15, 0.2) is 83.0 Å². The molecule has 2 aromatic carbocycles. The van der Waals surface area contributed by atoms with Gasteiger partial charge in [-0.15, -0.1) is 0 Å².